The van der Waals surface area contributed by atoms with Gasteiger partial charge in [-0.25, -0.2) is 0 Å². The number of nitrogens with zero attached hydrogens (tertiary/aromatic N) is 5. The van der Waals surface area contributed by atoms with E-state index >= 15 is 0 Å². The minimum atomic E-state index is 0.532. The van der Waals surface area contributed by atoms with Crippen molar-refractivity contribution in [3.63, 3.8) is 0 Å². The van der Waals surface area contributed by atoms with E-state index in [0.29, 0.717) is 6.54 Å². The summed E-state index contributed by atoms with van der Waals surface area (Å²) in [5, 5.41) is 8.88. The maximum Gasteiger partial charge on any atom is 0.159 e. The number of aromatic nitrogens is 3. The van der Waals surface area contributed by atoms with Crippen molar-refractivity contribution in [2.24, 2.45) is 4.99 Å². The molecule has 3 aromatic rings. The highest BCUT2D eigenvalue weighted by Gasteiger charge is 2.22. The summed E-state index contributed by atoms with van der Waals surface area (Å²) in [4.78, 5) is 7.07. The first kappa shape index (κ1) is 17.4. The topological polar surface area (TPSA) is 46.3 Å². The van der Waals surface area contributed by atoms with Crippen LogP contribution in [0.5, 0.6) is 0 Å². The van der Waals surface area contributed by atoms with E-state index in [-0.39, 0.29) is 0 Å². The molecule has 0 atom stereocenters. The van der Waals surface area contributed by atoms with E-state index in [0.717, 1.165) is 47.1 Å². The van der Waals surface area contributed by atoms with Crippen molar-refractivity contribution < 1.29 is 0 Å². The average molecular weight is 457 g/mol. The van der Waals surface area contributed by atoms with Crippen molar-refractivity contribution in [1.29, 1.82) is 0 Å². The molecule has 0 fully saturated rings. The number of fused-ring (bicyclic) bond motifs is 3. The maximum absolute atomic E-state index is 4.91. The van der Waals surface area contributed by atoms with Gasteiger partial charge in [-0.3, -0.25) is 9.56 Å². The molecule has 0 amide bonds. The van der Waals surface area contributed by atoms with Gasteiger partial charge in [0.15, 0.2) is 5.82 Å². The van der Waals surface area contributed by atoms with Crippen LogP contribution >= 0.6 is 22.6 Å². The zero-order chi connectivity index (χ0) is 18.1. The predicted octanol–water partition coefficient (Wildman–Crippen LogP) is 3.33. The molecule has 4 rings (SSSR count). The van der Waals surface area contributed by atoms with Crippen molar-refractivity contribution in [3.05, 3.63) is 74.9 Å². The molecule has 0 spiro atoms. The van der Waals surface area contributed by atoms with Gasteiger partial charge < -0.3 is 4.90 Å². The molecule has 0 saturated heterocycles. The Morgan fingerprint density at radius 2 is 1.88 bits per heavy atom. The first-order chi connectivity index (χ1) is 12.6. The van der Waals surface area contributed by atoms with Crippen LogP contribution in [0.3, 0.4) is 0 Å². The summed E-state index contributed by atoms with van der Waals surface area (Å²) in [7, 11) is 4.15. The lowest BCUT2D eigenvalue weighted by atomic mass is 10.0. The molecule has 5 nitrogen and oxygen atoms in total. The number of rotatable bonds is 4. The molecule has 0 bridgehead atoms. The molecule has 0 N–H and O–H groups in total. The summed E-state index contributed by atoms with van der Waals surface area (Å²) >= 11 is 2.36. The first-order valence-corrected chi connectivity index (χ1v) is 9.69. The zero-order valence-electron chi connectivity index (χ0n) is 14.9. The van der Waals surface area contributed by atoms with Crippen LogP contribution in [0.25, 0.3) is 5.69 Å². The summed E-state index contributed by atoms with van der Waals surface area (Å²) in [5.74, 6) is 1.88. The predicted molar refractivity (Wildman–Crippen MR) is 112 cm³/mol. The smallest absolute Gasteiger partial charge is 0.159 e. The van der Waals surface area contributed by atoms with Crippen LogP contribution in [0.4, 0.5) is 0 Å². The van der Waals surface area contributed by atoms with Crippen molar-refractivity contribution in [1.82, 2.24) is 19.7 Å². The van der Waals surface area contributed by atoms with Crippen molar-refractivity contribution in [2.75, 3.05) is 20.6 Å². The molecule has 6 heteroatoms. The summed E-state index contributed by atoms with van der Waals surface area (Å²) in [5.41, 5.74) is 4.39. The summed E-state index contributed by atoms with van der Waals surface area (Å²) < 4.78 is 3.38. The molecule has 0 aliphatic carbocycles. The largest absolute Gasteiger partial charge is 0.309 e. The van der Waals surface area contributed by atoms with Gasteiger partial charge in [0.25, 0.3) is 0 Å². The third kappa shape index (κ3) is 3.31. The van der Waals surface area contributed by atoms with E-state index < -0.39 is 0 Å². The molecule has 1 aliphatic rings. The molecule has 1 aliphatic heterocycles. The van der Waals surface area contributed by atoms with Crippen molar-refractivity contribution >= 4 is 28.3 Å². The van der Waals surface area contributed by atoms with E-state index in [4.69, 9.17) is 4.99 Å². The van der Waals surface area contributed by atoms with Gasteiger partial charge in [-0.05, 0) is 54.9 Å². The Hall–Kier alpha value is -2.06. The molecular formula is C20H20IN5. The summed E-state index contributed by atoms with van der Waals surface area (Å²) in [6.07, 6.45) is 0.853. The summed E-state index contributed by atoms with van der Waals surface area (Å²) in [6, 6.07) is 16.9. The van der Waals surface area contributed by atoms with E-state index in [2.05, 4.69) is 98.8 Å². The second-order valence-corrected chi connectivity index (χ2v) is 7.86. The zero-order valence-corrected chi connectivity index (χ0v) is 17.0. The number of aliphatic imine (C=N–C) groups is 1. The van der Waals surface area contributed by atoms with Crippen LogP contribution in [0, 0.1) is 3.57 Å². The Bertz CT molecular complexity index is 960. The fourth-order valence-electron chi connectivity index (χ4n) is 3.19. The lowest BCUT2D eigenvalue weighted by Crippen LogP contribution is -2.18. The molecule has 2 heterocycles. The standard InChI is InChI=1S/C20H20IN5/c1-25(2)11-10-18-23-24-19-13-22-20(14-6-4-3-5-7-14)16-12-15(21)8-9-17(16)26(18)19/h3-9,12H,10-11,13H2,1-2H3. The third-order valence-corrected chi connectivity index (χ3v) is 5.13. The van der Waals surface area contributed by atoms with Crippen LogP contribution in [-0.4, -0.2) is 46.0 Å². The highest BCUT2D eigenvalue weighted by atomic mass is 127. The van der Waals surface area contributed by atoms with Gasteiger partial charge in [-0.1, -0.05) is 30.3 Å². The molecule has 26 heavy (non-hydrogen) atoms. The highest BCUT2D eigenvalue weighted by Crippen LogP contribution is 2.27. The maximum atomic E-state index is 4.91. The van der Waals surface area contributed by atoms with E-state index in [9.17, 15) is 0 Å². The number of benzene rings is 2. The second-order valence-electron chi connectivity index (χ2n) is 6.61. The average Bonchev–Trinajstić information content (AvgIpc) is 2.97. The van der Waals surface area contributed by atoms with Crippen LogP contribution < -0.4 is 0 Å². The van der Waals surface area contributed by atoms with Gasteiger partial charge in [0.2, 0.25) is 0 Å². The number of likely N-dealkylation sites (N-methyl/N-ethyl adjacent to an activating group) is 1. The van der Waals surface area contributed by atoms with E-state index in [1.807, 2.05) is 6.07 Å². The molecule has 132 valence electrons. The van der Waals surface area contributed by atoms with Gasteiger partial charge >= 0.3 is 0 Å². The fourth-order valence-corrected chi connectivity index (χ4v) is 3.68. The molecule has 0 saturated carbocycles. The fraction of sp³-hybridized carbons (Fsp3) is 0.250. The number of halogens is 1. The van der Waals surface area contributed by atoms with Gasteiger partial charge in [0.05, 0.1) is 11.4 Å². The van der Waals surface area contributed by atoms with Crippen LogP contribution in [0.15, 0.2) is 53.5 Å². The molecule has 0 unspecified atom stereocenters. The quantitative estimate of drug-likeness (QED) is 0.565. The highest BCUT2D eigenvalue weighted by molar-refractivity contribution is 14.1. The molecule has 0 radical (unpaired) electrons. The van der Waals surface area contributed by atoms with Gasteiger partial charge in [0.1, 0.15) is 12.4 Å². The SMILES string of the molecule is CN(C)CCc1nnc2n1-c1ccc(I)cc1C(c1ccccc1)=NC2. The minimum Gasteiger partial charge on any atom is -0.309 e. The van der Waals surface area contributed by atoms with E-state index in [1.165, 1.54) is 3.57 Å². The van der Waals surface area contributed by atoms with E-state index in [1.54, 1.807) is 0 Å². The third-order valence-electron chi connectivity index (χ3n) is 4.46. The lowest BCUT2D eigenvalue weighted by molar-refractivity contribution is 0.408. The van der Waals surface area contributed by atoms with Crippen molar-refractivity contribution in [3.8, 4) is 5.69 Å². The molecule has 1 aromatic heterocycles. The van der Waals surface area contributed by atoms with Crippen molar-refractivity contribution in [2.45, 2.75) is 13.0 Å². The monoisotopic (exact) mass is 457 g/mol. The number of hydrogen-bond acceptors (Lipinski definition) is 4. The second kappa shape index (κ2) is 7.28. The Balaban J connectivity index is 1.87. The van der Waals surface area contributed by atoms with Crippen LogP contribution in [0.2, 0.25) is 0 Å². The Morgan fingerprint density at radius 3 is 2.65 bits per heavy atom. The Kier molecular flexibility index (Phi) is 4.86. The Labute approximate surface area is 166 Å². The lowest BCUT2D eigenvalue weighted by Gasteiger charge is -2.15. The van der Waals surface area contributed by atoms with Crippen LogP contribution in [0.1, 0.15) is 22.8 Å². The van der Waals surface area contributed by atoms with Gasteiger partial charge in [-0.2, -0.15) is 0 Å². The normalized spacial score (nSPS) is 13.2. The van der Waals surface area contributed by atoms with Crippen LogP contribution in [-0.2, 0) is 13.0 Å². The summed E-state index contributed by atoms with van der Waals surface area (Å²) in [6.45, 7) is 1.47. The minimum absolute atomic E-state index is 0.532. The van der Waals surface area contributed by atoms with Gasteiger partial charge in [-0.15, -0.1) is 10.2 Å². The number of hydrogen-bond donors (Lipinski definition) is 0. The molecule has 2 aromatic carbocycles. The first-order valence-electron chi connectivity index (χ1n) is 8.61. The molecular weight excluding hydrogens is 437 g/mol. The van der Waals surface area contributed by atoms with Gasteiger partial charge in [0, 0.05) is 27.7 Å². The Morgan fingerprint density at radius 1 is 1.08 bits per heavy atom.